The Morgan fingerprint density at radius 2 is 1.89 bits per heavy atom. The van der Waals surface area contributed by atoms with Crippen LogP contribution in [0.4, 0.5) is 0 Å². The molecule has 1 N–H and O–H groups in total. The molecule has 3 aromatic rings. The van der Waals surface area contributed by atoms with Crippen LogP contribution in [-0.2, 0) is 10.2 Å². The Balaban J connectivity index is 1.34. The van der Waals surface area contributed by atoms with Crippen molar-refractivity contribution in [2.45, 2.75) is 45.4 Å². The fourth-order valence-electron chi connectivity index (χ4n) is 3.84. The highest BCUT2D eigenvalue weighted by Gasteiger charge is 2.44. The van der Waals surface area contributed by atoms with Gasteiger partial charge < -0.3 is 13.9 Å². The van der Waals surface area contributed by atoms with Crippen LogP contribution in [0.25, 0.3) is 0 Å². The molecule has 0 spiro atoms. The second-order valence-corrected chi connectivity index (χ2v) is 9.56. The molecule has 2 unspecified atom stereocenters. The number of hydrogen-bond acceptors (Lipinski definition) is 6. The largest absolute Gasteiger partial charge is 0.490 e. The average molecular weight is 475 g/mol. The predicted molar refractivity (Wildman–Crippen MR) is 133 cm³/mol. The maximum Gasteiger partial charge on any atom is 0.379 e. The molecule has 0 aliphatic heterocycles. The second-order valence-electron chi connectivity index (χ2n) is 9.56. The van der Waals surface area contributed by atoms with Crippen LogP contribution in [0, 0.1) is 5.92 Å². The zero-order valence-electron chi connectivity index (χ0n) is 20.4. The minimum Gasteiger partial charge on any atom is -0.490 e. The Bertz CT molecular complexity index is 1210. The molecule has 0 radical (unpaired) electrons. The Morgan fingerprint density at radius 3 is 2.54 bits per heavy atom. The first-order valence-electron chi connectivity index (χ1n) is 11.7. The van der Waals surface area contributed by atoms with Crippen LogP contribution >= 0.6 is 0 Å². The molecule has 7 heteroatoms. The number of benzene rings is 2. The summed E-state index contributed by atoms with van der Waals surface area (Å²) >= 11 is 0. The first kappa shape index (κ1) is 24.3. The van der Waals surface area contributed by atoms with E-state index < -0.39 is 5.97 Å². The number of ether oxygens (including phenoxy) is 2. The van der Waals surface area contributed by atoms with Crippen LogP contribution in [0.2, 0.25) is 0 Å². The summed E-state index contributed by atoms with van der Waals surface area (Å²) in [7, 11) is 0. The molecule has 4 rings (SSSR count). The van der Waals surface area contributed by atoms with Crippen molar-refractivity contribution in [1.82, 2.24) is 5.43 Å². The summed E-state index contributed by atoms with van der Waals surface area (Å²) in [6, 6.07) is 16.7. The number of furan rings is 1. The van der Waals surface area contributed by atoms with Gasteiger partial charge in [0.25, 0.3) is 0 Å². The standard InChI is InChI=1S/C28H30N2O5/c1-5-33-25-15-18(8-13-23(25)35-27(32)24-7-6-14-34-24)17-29-30-26(31)22-16-21(22)19-9-11-20(12-10-19)28(2,3)4/h6-15,17,21-22H,5,16H2,1-4H3,(H,30,31). The van der Waals surface area contributed by atoms with Crippen LogP contribution in [0.1, 0.15) is 67.3 Å². The normalized spacial score (nSPS) is 17.3. The predicted octanol–water partition coefficient (Wildman–Crippen LogP) is 5.45. The van der Waals surface area contributed by atoms with Gasteiger partial charge in [0, 0.05) is 5.92 Å². The maximum absolute atomic E-state index is 12.5. The molecule has 2 atom stereocenters. The van der Waals surface area contributed by atoms with E-state index in [2.05, 4.69) is 55.6 Å². The molecule has 1 heterocycles. The molecule has 0 saturated heterocycles. The second kappa shape index (κ2) is 10.2. The van der Waals surface area contributed by atoms with Crippen molar-refractivity contribution in [3.8, 4) is 11.5 Å². The van der Waals surface area contributed by atoms with E-state index in [0.29, 0.717) is 17.9 Å². The van der Waals surface area contributed by atoms with Crippen molar-refractivity contribution < 1.29 is 23.5 Å². The number of esters is 1. The molecule has 1 aliphatic carbocycles. The van der Waals surface area contributed by atoms with Gasteiger partial charge in [-0.3, -0.25) is 4.79 Å². The van der Waals surface area contributed by atoms with E-state index >= 15 is 0 Å². The van der Waals surface area contributed by atoms with Gasteiger partial charge in [0.15, 0.2) is 11.5 Å². The lowest BCUT2D eigenvalue weighted by atomic mass is 9.86. The molecule has 1 aromatic heterocycles. The van der Waals surface area contributed by atoms with E-state index in [9.17, 15) is 9.59 Å². The summed E-state index contributed by atoms with van der Waals surface area (Å²) in [6.07, 6.45) is 3.76. The molecule has 1 aliphatic rings. The van der Waals surface area contributed by atoms with Crippen LogP contribution in [0.5, 0.6) is 11.5 Å². The molecule has 182 valence electrons. The quantitative estimate of drug-likeness (QED) is 0.203. The SMILES string of the molecule is CCOc1cc(C=NNC(=O)C2CC2c2ccc(C(C)(C)C)cc2)ccc1OC(=O)c1ccco1. The fraction of sp³-hybridized carbons (Fsp3) is 0.321. The first-order chi connectivity index (χ1) is 16.8. The highest BCUT2D eigenvalue weighted by molar-refractivity contribution is 5.89. The monoisotopic (exact) mass is 474 g/mol. The lowest BCUT2D eigenvalue weighted by molar-refractivity contribution is -0.122. The highest BCUT2D eigenvalue weighted by atomic mass is 16.6. The Kier molecular flexibility index (Phi) is 7.05. The third-order valence-electron chi connectivity index (χ3n) is 5.91. The highest BCUT2D eigenvalue weighted by Crippen LogP contribution is 2.47. The summed E-state index contributed by atoms with van der Waals surface area (Å²) < 4.78 is 16.1. The van der Waals surface area contributed by atoms with E-state index in [1.165, 1.54) is 29.7 Å². The van der Waals surface area contributed by atoms with Gasteiger partial charge in [-0.2, -0.15) is 5.10 Å². The number of hydrazone groups is 1. The van der Waals surface area contributed by atoms with Gasteiger partial charge in [-0.05, 0) is 71.7 Å². The van der Waals surface area contributed by atoms with E-state index in [0.717, 1.165) is 6.42 Å². The molecule has 35 heavy (non-hydrogen) atoms. The third kappa shape index (κ3) is 5.98. The fourth-order valence-corrected chi connectivity index (χ4v) is 3.84. The minimum absolute atomic E-state index is 0.0741. The molecule has 1 fully saturated rings. The van der Waals surface area contributed by atoms with Gasteiger partial charge in [0.05, 0.1) is 19.1 Å². The van der Waals surface area contributed by atoms with Gasteiger partial charge in [-0.1, -0.05) is 45.0 Å². The summed E-state index contributed by atoms with van der Waals surface area (Å²) in [5.74, 6) is 0.208. The summed E-state index contributed by atoms with van der Waals surface area (Å²) in [5, 5.41) is 4.11. The number of carbonyl (C=O) groups excluding carboxylic acids is 2. The van der Waals surface area contributed by atoms with Crippen LogP contribution in [0.3, 0.4) is 0 Å². The third-order valence-corrected chi connectivity index (χ3v) is 5.91. The molecule has 7 nitrogen and oxygen atoms in total. The minimum atomic E-state index is -0.614. The Labute approximate surface area is 205 Å². The van der Waals surface area contributed by atoms with Crippen molar-refractivity contribution in [3.63, 3.8) is 0 Å². The number of nitrogens with one attached hydrogen (secondary N) is 1. The molecule has 0 bridgehead atoms. The zero-order chi connectivity index (χ0) is 25.0. The van der Waals surface area contributed by atoms with E-state index in [1.807, 2.05) is 6.92 Å². The lowest BCUT2D eigenvalue weighted by Crippen LogP contribution is -2.20. The van der Waals surface area contributed by atoms with Gasteiger partial charge in [-0.25, -0.2) is 10.2 Å². The Morgan fingerprint density at radius 1 is 1.11 bits per heavy atom. The van der Waals surface area contributed by atoms with Crippen molar-refractivity contribution in [2.24, 2.45) is 11.0 Å². The number of amides is 1. The number of rotatable bonds is 8. The van der Waals surface area contributed by atoms with E-state index in [1.54, 1.807) is 24.3 Å². The molecule has 1 amide bonds. The molecule has 1 saturated carbocycles. The molecular formula is C28H30N2O5. The van der Waals surface area contributed by atoms with E-state index in [-0.39, 0.29) is 34.7 Å². The summed E-state index contributed by atoms with van der Waals surface area (Å²) in [4.78, 5) is 24.7. The number of hydrogen-bond donors (Lipinski definition) is 1. The van der Waals surface area contributed by atoms with Crippen LogP contribution in [0.15, 0.2) is 70.4 Å². The smallest absolute Gasteiger partial charge is 0.379 e. The van der Waals surface area contributed by atoms with Crippen LogP contribution < -0.4 is 14.9 Å². The summed E-state index contributed by atoms with van der Waals surface area (Å²) in [6.45, 7) is 8.79. The topological polar surface area (TPSA) is 90.1 Å². The average Bonchev–Trinajstić information content (AvgIpc) is 3.44. The van der Waals surface area contributed by atoms with Crippen LogP contribution in [-0.4, -0.2) is 24.7 Å². The van der Waals surface area contributed by atoms with Crippen molar-refractivity contribution in [2.75, 3.05) is 6.61 Å². The van der Waals surface area contributed by atoms with Gasteiger partial charge in [0.1, 0.15) is 0 Å². The first-order valence-corrected chi connectivity index (χ1v) is 11.7. The zero-order valence-corrected chi connectivity index (χ0v) is 20.4. The number of nitrogens with zero attached hydrogens (tertiary/aromatic N) is 1. The molecular weight excluding hydrogens is 444 g/mol. The molecule has 2 aromatic carbocycles. The van der Waals surface area contributed by atoms with E-state index in [4.69, 9.17) is 13.9 Å². The maximum atomic E-state index is 12.5. The summed E-state index contributed by atoms with van der Waals surface area (Å²) in [5.41, 5.74) is 5.90. The van der Waals surface area contributed by atoms with Crippen molar-refractivity contribution in [1.29, 1.82) is 0 Å². The lowest BCUT2D eigenvalue weighted by Gasteiger charge is -2.19. The van der Waals surface area contributed by atoms with Crippen molar-refractivity contribution >= 4 is 18.1 Å². The Hall–Kier alpha value is -3.87. The number of carbonyl (C=O) groups is 2. The van der Waals surface area contributed by atoms with Gasteiger partial charge in [-0.15, -0.1) is 0 Å². The van der Waals surface area contributed by atoms with Gasteiger partial charge in [0.2, 0.25) is 11.7 Å². The van der Waals surface area contributed by atoms with Gasteiger partial charge >= 0.3 is 5.97 Å². The van der Waals surface area contributed by atoms with Crippen molar-refractivity contribution in [3.05, 3.63) is 83.3 Å².